The molecule has 0 spiro atoms. The molecule has 0 bridgehead atoms. The summed E-state index contributed by atoms with van der Waals surface area (Å²) in [4.78, 5) is 0. The van der Waals surface area contributed by atoms with Gasteiger partial charge >= 0.3 is 0 Å². The molecule has 0 aliphatic carbocycles. The Morgan fingerprint density at radius 3 is 2.00 bits per heavy atom. The summed E-state index contributed by atoms with van der Waals surface area (Å²) in [5.41, 5.74) is 3.52. The number of halogens is 1. The van der Waals surface area contributed by atoms with Gasteiger partial charge in [0.25, 0.3) is 0 Å². The summed E-state index contributed by atoms with van der Waals surface area (Å²) in [5.74, 6) is -0.193. The molecule has 1 nitrogen and oxygen atoms in total. The molecule has 0 fully saturated rings. The van der Waals surface area contributed by atoms with Crippen LogP contribution in [0.4, 0.5) is 4.39 Å². The van der Waals surface area contributed by atoms with Crippen molar-refractivity contribution >= 4 is 0 Å². The predicted molar refractivity (Wildman–Crippen MR) is 78.7 cm³/mol. The molecule has 0 saturated carbocycles. The molecule has 2 heteroatoms. The Bertz CT molecular complexity index is 502. The van der Waals surface area contributed by atoms with Crippen LogP contribution in [0.25, 0.3) is 11.1 Å². The number of hydrogen-bond donors (Lipinski definition) is 1. The van der Waals surface area contributed by atoms with Gasteiger partial charge in [-0.3, -0.25) is 0 Å². The third-order valence-corrected chi connectivity index (χ3v) is 3.49. The lowest BCUT2D eigenvalue weighted by molar-refractivity contribution is 0.565. The molecule has 19 heavy (non-hydrogen) atoms. The summed E-state index contributed by atoms with van der Waals surface area (Å²) in [6.45, 7) is 2.19. The third kappa shape index (κ3) is 3.90. The average molecular weight is 257 g/mol. The minimum absolute atomic E-state index is 0.193. The van der Waals surface area contributed by atoms with Gasteiger partial charge in [0.15, 0.2) is 0 Å². The summed E-state index contributed by atoms with van der Waals surface area (Å²) in [6, 6.07) is 15.7. The highest BCUT2D eigenvalue weighted by atomic mass is 19.1. The lowest BCUT2D eigenvalue weighted by atomic mass is 10.0. The Labute approximate surface area is 114 Å². The minimum atomic E-state index is -0.193. The molecule has 0 aliphatic rings. The first kappa shape index (κ1) is 13.8. The van der Waals surface area contributed by atoms with Crippen LogP contribution in [0.5, 0.6) is 0 Å². The molecule has 0 saturated heterocycles. The van der Waals surface area contributed by atoms with E-state index in [0.29, 0.717) is 6.04 Å². The van der Waals surface area contributed by atoms with Crippen molar-refractivity contribution in [1.29, 1.82) is 0 Å². The van der Waals surface area contributed by atoms with Crippen molar-refractivity contribution in [1.82, 2.24) is 5.32 Å². The Hall–Kier alpha value is -1.67. The van der Waals surface area contributed by atoms with Crippen LogP contribution in [0.3, 0.4) is 0 Å². The molecule has 2 aromatic carbocycles. The van der Waals surface area contributed by atoms with Crippen LogP contribution in [-0.4, -0.2) is 13.1 Å². The topological polar surface area (TPSA) is 12.0 Å². The zero-order valence-electron chi connectivity index (χ0n) is 11.5. The lowest BCUT2D eigenvalue weighted by Gasteiger charge is -2.10. The van der Waals surface area contributed by atoms with E-state index in [9.17, 15) is 4.39 Å². The number of nitrogens with one attached hydrogen (secondary N) is 1. The van der Waals surface area contributed by atoms with Gasteiger partial charge < -0.3 is 5.32 Å². The number of hydrogen-bond acceptors (Lipinski definition) is 1. The predicted octanol–water partition coefficient (Wildman–Crippen LogP) is 4.03. The van der Waals surface area contributed by atoms with E-state index in [4.69, 9.17) is 0 Å². The molecular formula is C17H20FN. The first-order chi connectivity index (χ1) is 9.19. The van der Waals surface area contributed by atoms with Gasteiger partial charge in [0.2, 0.25) is 0 Å². The molecule has 100 valence electrons. The van der Waals surface area contributed by atoms with Gasteiger partial charge in [0.05, 0.1) is 0 Å². The Balaban J connectivity index is 2.04. The molecule has 0 heterocycles. The summed E-state index contributed by atoms with van der Waals surface area (Å²) < 4.78 is 12.9. The Morgan fingerprint density at radius 2 is 1.47 bits per heavy atom. The fraction of sp³-hybridized carbons (Fsp3) is 0.294. The maximum Gasteiger partial charge on any atom is 0.123 e. The van der Waals surface area contributed by atoms with Crippen molar-refractivity contribution in [2.45, 2.75) is 25.8 Å². The van der Waals surface area contributed by atoms with Crippen LogP contribution >= 0.6 is 0 Å². The van der Waals surface area contributed by atoms with E-state index in [1.807, 2.05) is 19.2 Å². The maximum atomic E-state index is 12.9. The van der Waals surface area contributed by atoms with E-state index in [1.165, 1.54) is 17.7 Å². The molecule has 0 aromatic heterocycles. The van der Waals surface area contributed by atoms with Gasteiger partial charge in [0, 0.05) is 6.04 Å². The molecule has 0 aliphatic heterocycles. The largest absolute Gasteiger partial charge is 0.317 e. The standard InChI is InChI=1S/C17H20FN/c1-13(19-2)3-4-14-5-7-15(8-6-14)16-9-11-17(18)12-10-16/h5-13,19H,3-4H2,1-2H3. The number of benzene rings is 2. The SMILES string of the molecule is CNC(C)CCc1ccc(-c2ccc(F)cc2)cc1. The molecule has 1 atom stereocenters. The summed E-state index contributed by atoms with van der Waals surface area (Å²) in [6.07, 6.45) is 2.21. The van der Waals surface area contributed by atoms with E-state index in [1.54, 1.807) is 0 Å². The summed E-state index contributed by atoms with van der Waals surface area (Å²) in [5, 5.41) is 3.24. The molecule has 1 unspecified atom stereocenters. The normalized spacial score (nSPS) is 12.4. The first-order valence-corrected chi connectivity index (χ1v) is 6.71. The fourth-order valence-electron chi connectivity index (χ4n) is 2.03. The fourth-order valence-corrected chi connectivity index (χ4v) is 2.03. The van der Waals surface area contributed by atoms with Crippen LogP contribution in [0.15, 0.2) is 48.5 Å². The minimum Gasteiger partial charge on any atom is -0.317 e. The van der Waals surface area contributed by atoms with Crippen LogP contribution < -0.4 is 5.32 Å². The Kier molecular flexibility index (Phi) is 4.69. The van der Waals surface area contributed by atoms with Crippen LogP contribution in [0, 0.1) is 5.82 Å². The van der Waals surface area contributed by atoms with Crippen molar-refractivity contribution in [2.75, 3.05) is 7.05 Å². The second-order valence-electron chi connectivity index (χ2n) is 4.93. The monoisotopic (exact) mass is 257 g/mol. The lowest BCUT2D eigenvalue weighted by Crippen LogP contribution is -2.21. The zero-order chi connectivity index (χ0) is 13.7. The Morgan fingerprint density at radius 1 is 0.947 bits per heavy atom. The van der Waals surface area contributed by atoms with Gasteiger partial charge in [-0.15, -0.1) is 0 Å². The van der Waals surface area contributed by atoms with Gasteiger partial charge in [-0.25, -0.2) is 4.39 Å². The summed E-state index contributed by atoms with van der Waals surface area (Å²) >= 11 is 0. The van der Waals surface area contributed by atoms with Crippen LogP contribution in [-0.2, 0) is 6.42 Å². The van der Waals surface area contributed by atoms with E-state index in [0.717, 1.165) is 24.0 Å². The van der Waals surface area contributed by atoms with E-state index >= 15 is 0 Å². The van der Waals surface area contributed by atoms with E-state index in [-0.39, 0.29) is 5.82 Å². The second-order valence-corrected chi connectivity index (χ2v) is 4.93. The average Bonchev–Trinajstić information content (AvgIpc) is 2.46. The van der Waals surface area contributed by atoms with Crippen molar-refractivity contribution in [3.63, 3.8) is 0 Å². The van der Waals surface area contributed by atoms with Gasteiger partial charge in [0.1, 0.15) is 5.82 Å². The van der Waals surface area contributed by atoms with E-state index < -0.39 is 0 Å². The van der Waals surface area contributed by atoms with Gasteiger partial charge in [-0.05, 0) is 55.6 Å². The highest BCUT2D eigenvalue weighted by Gasteiger charge is 2.01. The van der Waals surface area contributed by atoms with E-state index in [2.05, 4.69) is 36.5 Å². The molecule has 0 radical (unpaired) electrons. The van der Waals surface area contributed by atoms with Crippen molar-refractivity contribution < 1.29 is 4.39 Å². The first-order valence-electron chi connectivity index (χ1n) is 6.71. The van der Waals surface area contributed by atoms with Crippen LogP contribution in [0.1, 0.15) is 18.9 Å². The van der Waals surface area contributed by atoms with Crippen molar-refractivity contribution in [2.24, 2.45) is 0 Å². The van der Waals surface area contributed by atoms with Crippen molar-refractivity contribution in [3.05, 3.63) is 59.9 Å². The van der Waals surface area contributed by atoms with Crippen molar-refractivity contribution in [3.8, 4) is 11.1 Å². The molecule has 2 rings (SSSR count). The molecule has 1 N–H and O–H groups in total. The second kappa shape index (κ2) is 6.48. The molecule has 0 amide bonds. The van der Waals surface area contributed by atoms with Gasteiger partial charge in [-0.1, -0.05) is 36.4 Å². The molecular weight excluding hydrogens is 237 g/mol. The highest BCUT2D eigenvalue weighted by molar-refractivity contribution is 5.63. The maximum absolute atomic E-state index is 12.9. The third-order valence-electron chi connectivity index (χ3n) is 3.49. The quantitative estimate of drug-likeness (QED) is 0.852. The van der Waals surface area contributed by atoms with Crippen LogP contribution in [0.2, 0.25) is 0 Å². The smallest absolute Gasteiger partial charge is 0.123 e. The number of aryl methyl sites for hydroxylation is 1. The van der Waals surface area contributed by atoms with Gasteiger partial charge in [-0.2, -0.15) is 0 Å². The zero-order valence-corrected chi connectivity index (χ0v) is 11.5. The highest BCUT2D eigenvalue weighted by Crippen LogP contribution is 2.20. The summed E-state index contributed by atoms with van der Waals surface area (Å²) in [7, 11) is 1.99. The molecule has 2 aromatic rings. The number of rotatable bonds is 5.